The maximum atomic E-state index is 12.0. The van der Waals surface area contributed by atoms with E-state index in [1.54, 1.807) is 32.0 Å². The molecule has 2 rings (SSSR count). The van der Waals surface area contributed by atoms with Gasteiger partial charge in [0.05, 0.1) is 11.0 Å². The minimum Gasteiger partial charge on any atom is -0.360 e. The second-order valence-corrected chi connectivity index (χ2v) is 6.91. The number of benzene rings is 1. The lowest BCUT2D eigenvalue weighted by atomic mass is 10.1. The molecule has 0 aliphatic heterocycles. The molecule has 3 amide bonds. The summed E-state index contributed by atoms with van der Waals surface area (Å²) in [5, 5.41) is 5.79. The number of anilines is 1. The van der Waals surface area contributed by atoms with Crippen LogP contribution in [-0.2, 0) is 9.59 Å². The molecular weight excluding hydrogens is 356 g/mol. The third-order valence-corrected chi connectivity index (χ3v) is 4.56. The van der Waals surface area contributed by atoms with Crippen molar-refractivity contribution in [3.8, 4) is 0 Å². The number of rotatable bonds is 6. The summed E-state index contributed by atoms with van der Waals surface area (Å²) in [5.74, 6) is -0.164. The summed E-state index contributed by atoms with van der Waals surface area (Å²) >= 11 is 1.14. The van der Waals surface area contributed by atoms with E-state index in [1.165, 1.54) is 0 Å². The first-order valence-corrected chi connectivity index (χ1v) is 8.92. The lowest BCUT2D eigenvalue weighted by molar-refractivity contribution is -0.119. The van der Waals surface area contributed by atoms with Crippen LogP contribution >= 0.6 is 11.8 Å². The van der Waals surface area contributed by atoms with Crippen molar-refractivity contribution >= 4 is 35.3 Å². The van der Waals surface area contributed by atoms with Gasteiger partial charge < -0.3 is 9.84 Å². The molecule has 8 nitrogen and oxygen atoms in total. The molecule has 1 aromatic carbocycles. The molecule has 0 spiro atoms. The van der Waals surface area contributed by atoms with Crippen LogP contribution in [0.15, 0.2) is 34.9 Å². The summed E-state index contributed by atoms with van der Waals surface area (Å²) in [6.07, 6.45) is 0. The Morgan fingerprint density at radius 2 is 1.92 bits per heavy atom. The van der Waals surface area contributed by atoms with E-state index in [0.29, 0.717) is 17.1 Å². The summed E-state index contributed by atoms with van der Waals surface area (Å²) in [5.41, 5.74) is 5.99. The van der Waals surface area contributed by atoms with Gasteiger partial charge in [0.2, 0.25) is 11.8 Å². The van der Waals surface area contributed by atoms with Crippen LogP contribution in [0.3, 0.4) is 0 Å². The Balaban J connectivity index is 1.73. The van der Waals surface area contributed by atoms with Gasteiger partial charge in [0.1, 0.15) is 5.76 Å². The Morgan fingerprint density at radius 3 is 2.58 bits per heavy atom. The Hall–Kier alpha value is -2.81. The van der Waals surface area contributed by atoms with Gasteiger partial charge in [-0.05, 0) is 32.4 Å². The topological polar surface area (TPSA) is 113 Å². The van der Waals surface area contributed by atoms with Crippen LogP contribution in [0.2, 0.25) is 0 Å². The minimum absolute atomic E-state index is 0.0144. The van der Waals surface area contributed by atoms with Crippen LogP contribution in [0.25, 0.3) is 0 Å². The lowest BCUT2D eigenvalue weighted by Gasteiger charge is -2.11. The fourth-order valence-corrected chi connectivity index (χ4v) is 2.67. The highest BCUT2D eigenvalue weighted by atomic mass is 32.2. The number of nitrogens with zero attached hydrogens (tertiary/aromatic N) is 1. The maximum Gasteiger partial charge on any atom is 0.269 e. The van der Waals surface area contributed by atoms with E-state index >= 15 is 0 Å². The van der Waals surface area contributed by atoms with Crippen LogP contribution in [-0.4, -0.2) is 33.9 Å². The SMILES string of the molecule is Cc1cc(NC(=O)[C@H](C)SCC(=O)NNC(=O)c2ccccc2C)no1. The molecule has 0 aliphatic carbocycles. The first kappa shape index (κ1) is 19.5. The normalized spacial score (nSPS) is 11.5. The molecule has 0 saturated carbocycles. The van der Waals surface area contributed by atoms with Gasteiger partial charge in [0.25, 0.3) is 5.91 Å². The van der Waals surface area contributed by atoms with E-state index < -0.39 is 17.1 Å². The van der Waals surface area contributed by atoms with Gasteiger partial charge in [-0.25, -0.2) is 0 Å². The van der Waals surface area contributed by atoms with E-state index in [9.17, 15) is 14.4 Å². The molecule has 9 heteroatoms. The molecule has 0 aliphatic rings. The molecule has 0 bridgehead atoms. The molecule has 0 saturated heterocycles. The van der Waals surface area contributed by atoms with Crippen LogP contribution in [0, 0.1) is 13.8 Å². The molecule has 2 aromatic rings. The van der Waals surface area contributed by atoms with Crippen molar-refractivity contribution in [2.75, 3.05) is 11.1 Å². The maximum absolute atomic E-state index is 12.0. The second-order valence-electron chi connectivity index (χ2n) is 5.58. The highest BCUT2D eigenvalue weighted by Gasteiger charge is 2.17. The van der Waals surface area contributed by atoms with Crippen LogP contribution < -0.4 is 16.2 Å². The van der Waals surface area contributed by atoms with Crippen LogP contribution in [0.1, 0.15) is 28.6 Å². The fourth-order valence-electron chi connectivity index (χ4n) is 1.99. The third kappa shape index (κ3) is 5.62. The predicted molar refractivity (Wildman–Crippen MR) is 98.6 cm³/mol. The van der Waals surface area contributed by atoms with E-state index in [-0.39, 0.29) is 11.7 Å². The van der Waals surface area contributed by atoms with Crippen molar-refractivity contribution in [2.24, 2.45) is 0 Å². The molecular formula is C17H20N4O4S. The van der Waals surface area contributed by atoms with Gasteiger partial charge in [-0.1, -0.05) is 23.4 Å². The highest BCUT2D eigenvalue weighted by Crippen LogP contribution is 2.14. The van der Waals surface area contributed by atoms with Crippen molar-refractivity contribution in [3.05, 3.63) is 47.2 Å². The Kier molecular flexibility index (Phi) is 6.79. The summed E-state index contributed by atoms with van der Waals surface area (Å²) < 4.78 is 4.87. The van der Waals surface area contributed by atoms with E-state index in [1.807, 2.05) is 19.1 Å². The van der Waals surface area contributed by atoms with Gasteiger partial charge >= 0.3 is 0 Å². The molecule has 1 atom stereocenters. The van der Waals surface area contributed by atoms with Crippen LogP contribution in [0.4, 0.5) is 5.82 Å². The number of hydrogen-bond acceptors (Lipinski definition) is 6. The molecule has 138 valence electrons. The molecule has 1 aromatic heterocycles. The Bertz CT molecular complexity index is 806. The average Bonchev–Trinajstić information content (AvgIpc) is 3.02. The number of hydrazine groups is 1. The number of aromatic nitrogens is 1. The van der Waals surface area contributed by atoms with Crippen molar-refractivity contribution in [2.45, 2.75) is 26.0 Å². The molecule has 0 radical (unpaired) electrons. The Morgan fingerprint density at radius 1 is 1.19 bits per heavy atom. The van der Waals surface area contributed by atoms with Crippen molar-refractivity contribution in [3.63, 3.8) is 0 Å². The second kappa shape index (κ2) is 9.04. The van der Waals surface area contributed by atoms with E-state index in [0.717, 1.165) is 17.3 Å². The molecule has 26 heavy (non-hydrogen) atoms. The quantitative estimate of drug-likeness (QED) is 0.663. The van der Waals surface area contributed by atoms with Gasteiger partial charge in [-0.2, -0.15) is 0 Å². The van der Waals surface area contributed by atoms with E-state index in [2.05, 4.69) is 21.3 Å². The van der Waals surface area contributed by atoms with Gasteiger partial charge in [0.15, 0.2) is 5.82 Å². The van der Waals surface area contributed by atoms with Crippen molar-refractivity contribution < 1.29 is 18.9 Å². The molecule has 1 heterocycles. The average molecular weight is 376 g/mol. The summed E-state index contributed by atoms with van der Waals surface area (Å²) in [6, 6.07) is 8.65. The highest BCUT2D eigenvalue weighted by molar-refractivity contribution is 8.01. The third-order valence-electron chi connectivity index (χ3n) is 3.42. The number of amides is 3. The predicted octanol–water partition coefficient (Wildman–Crippen LogP) is 1.81. The van der Waals surface area contributed by atoms with Gasteiger partial charge in [-0.15, -0.1) is 11.8 Å². The number of nitrogens with one attached hydrogen (secondary N) is 3. The largest absolute Gasteiger partial charge is 0.360 e. The van der Waals surface area contributed by atoms with Crippen molar-refractivity contribution in [1.82, 2.24) is 16.0 Å². The monoisotopic (exact) mass is 376 g/mol. The minimum atomic E-state index is -0.482. The summed E-state index contributed by atoms with van der Waals surface area (Å²) in [4.78, 5) is 35.9. The number of aryl methyl sites for hydroxylation is 2. The van der Waals surface area contributed by atoms with E-state index in [4.69, 9.17) is 4.52 Å². The Labute approximate surface area is 155 Å². The zero-order valence-corrected chi connectivity index (χ0v) is 15.5. The lowest BCUT2D eigenvalue weighted by Crippen LogP contribution is -2.43. The zero-order chi connectivity index (χ0) is 19.1. The molecule has 3 N–H and O–H groups in total. The number of hydrogen-bond donors (Lipinski definition) is 3. The summed E-state index contributed by atoms with van der Waals surface area (Å²) in [7, 11) is 0. The summed E-state index contributed by atoms with van der Waals surface area (Å²) in [6.45, 7) is 5.20. The zero-order valence-electron chi connectivity index (χ0n) is 14.7. The molecule has 0 unspecified atom stereocenters. The first-order chi connectivity index (χ1) is 12.4. The molecule has 0 fully saturated rings. The standard InChI is InChI=1S/C17H20N4O4S/c1-10-6-4-5-7-13(10)17(24)20-19-15(22)9-26-12(3)16(23)18-14-8-11(2)25-21-14/h4-8,12H,9H2,1-3H3,(H,19,22)(H,20,24)(H,18,21,23)/t12-/m0/s1. The smallest absolute Gasteiger partial charge is 0.269 e. The number of carbonyl (C=O) groups excluding carboxylic acids is 3. The first-order valence-electron chi connectivity index (χ1n) is 7.87. The number of thioether (sulfide) groups is 1. The van der Waals surface area contributed by atoms with Gasteiger partial charge in [0, 0.05) is 11.6 Å². The fraction of sp³-hybridized carbons (Fsp3) is 0.294. The van der Waals surface area contributed by atoms with Gasteiger partial charge in [-0.3, -0.25) is 25.2 Å². The number of carbonyl (C=O) groups is 3. The van der Waals surface area contributed by atoms with Crippen molar-refractivity contribution in [1.29, 1.82) is 0 Å². The van der Waals surface area contributed by atoms with Crippen LogP contribution in [0.5, 0.6) is 0 Å².